The van der Waals surface area contributed by atoms with Gasteiger partial charge in [-0.1, -0.05) is 0 Å². The first kappa shape index (κ1) is 8.80. The van der Waals surface area contributed by atoms with Crippen LogP contribution in [-0.4, -0.2) is 11.3 Å². The van der Waals surface area contributed by atoms with E-state index < -0.39 is 5.82 Å². The average Bonchev–Trinajstić information content (AvgIpc) is 1.99. The maximum atomic E-state index is 12.9. The monoisotopic (exact) mass is 281 g/mol. The van der Waals surface area contributed by atoms with Crippen LogP contribution in [0.2, 0.25) is 0 Å². The summed E-state index contributed by atoms with van der Waals surface area (Å²) in [7, 11) is 0. The van der Waals surface area contributed by atoms with Gasteiger partial charge in [0.1, 0.15) is 4.60 Å². The van der Waals surface area contributed by atoms with Crippen LogP contribution in [-0.2, 0) is 0 Å². The predicted octanol–water partition coefficient (Wildman–Crippen LogP) is 2.56. The molecular formula is C6H2Br2FNO. The molecular weight excluding hydrogens is 281 g/mol. The van der Waals surface area contributed by atoms with Crippen molar-refractivity contribution in [2.75, 3.05) is 0 Å². The quantitative estimate of drug-likeness (QED) is 0.585. The van der Waals surface area contributed by atoms with Gasteiger partial charge >= 0.3 is 0 Å². The van der Waals surface area contributed by atoms with Gasteiger partial charge < -0.3 is 0 Å². The third-order valence-corrected chi connectivity index (χ3v) is 2.27. The van der Waals surface area contributed by atoms with E-state index >= 15 is 0 Å². The summed E-state index contributed by atoms with van der Waals surface area (Å²) >= 11 is 5.84. The zero-order valence-corrected chi connectivity index (χ0v) is 8.32. The zero-order valence-electron chi connectivity index (χ0n) is 5.14. The zero-order chi connectivity index (χ0) is 8.43. The minimum atomic E-state index is -0.644. The number of pyridine rings is 1. The molecule has 0 unspecified atom stereocenters. The van der Waals surface area contributed by atoms with Crippen LogP contribution in [0.5, 0.6) is 0 Å². The van der Waals surface area contributed by atoms with Crippen LogP contribution in [0.25, 0.3) is 0 Å². The molecule has 0 saturated heterocycles. The first-order valence-electron chi connectivity index (χ1n) is 2.61. The smallest absolute Gasteiger partial charge is 0.167 e. The maximum Gasteiger partial charge on any atom is 0.167 e. The van der Waals surface area contributed by atoms with Gasteiger partial charge in [-0.15, -0.1) is 0 Å². The maximum absolute atomic E-state index is 12.9. The fraction of sp³-hybridized carbons (Fsp3) is 0. The van der Waals surface area contributed by atoms with Gasteiger partial charge in [-0.2, -0.15) is 0 Å². The van der Waals surface area contributed by atoms with E-state index in [2.05, 4.69) is 36.8 Å². The number of carbonyl (C=O) groups is 1. The molecule has 1 aromatic heterocycles. The molecule has 1 aromatic rings. The van der Waals surface area contributed by atoms with Crippen molar-refractivity contribution >= 4 is 38.1 Å². The summed E-state index contributed by atoms with van der Waals surface area (Å²) in [4.78, 5) is 13.9. The number of carbonyl (C=O) groups excluding carboxylic acids is 1. The van der Waals surface area contributed by atoms with Crippen molar-refractivity contribution in [2.24, 2.45) is 0 Å². The summed E-state index contributed by atoms with van der Waals surface area (Å²) in [6.07, 6.45) is 1.79. The molecule has 2 nitrogen and oxygen atoms in total. The van der Waals surface area contributed by atoms with E-state index in [1.165, 1.54) is 6.20 Å². The van der Waals surface area contributed by atoms with Crippen LogP contribution < -0.4 is 0 Å². The third kappa shape index (κ3) is 1.65. The fourth-order valence-corrected chi connectivity index (χ4v) is 1.25. The Morgan fingerprint density at radius 1 is 1.55 bits per heavy atom. The second-order valence-electron chi connectivity index (χ2n) is 1.74. The molecule has 1 heterocycles. The second kappa shape index (κ2) is 3.40. The van der Waals surface area contributed by atoms with Gasteiger partial charge in [-0.3, -0.25) is 4.79 Å². The summed E-state index contributed by atoms with van der Waals surface area (Å²) in [5.41, 5.74) is -0.0214. The molecule has 0 atom stereocenters. The topological polar surface area (TPSA) is 30.0 Å². The molecule has 0 fully saturated rings. The van der Waals surface area contributed by atoms with Crippen molar-refractivity contribution in [3.8, 4) is 0 Å². The van der Waals surface area contributed by atoms with Crippen LogP contribution in [0.1, 0.15) is 10.4 Å². The van der Waals surface area contributed by atoms with Gasteiger partial charge in [0.15, 0.2) is 12.1 Å². The van der Waals surface area contributed by atoms with E-state index in [0.717, 1.165) is 0 Å². The number of aromatic nitrogens is 1. The van der Waals surface area contributed by atoms with E-state index in [0.29, 0.717) is 10.8 Å². The predicted molar refractivity (Wildman–Crippen MR) is 45.0 cm³/mol. The van der Waals surface area contributed by atoms with E-state index in [-0.39, 0.29) is 10.2 Å². The highest BCUT2D eigenvalue weighted by Crippen LogP contribution is 2.21. The minimum Gasteiger partial charge on any atom is -0.298 e. The molecule has 0 amide bonds. The number of halogens is 3. The highest BCUT2D eigenvalue weighted by molar-refractivity contribution is 9.11. The summed E-state index contributed by atoms with van der Waals surface area (Å²) in [5, 5.41) is 0. The van der Waals surface area contributed by atoms with Gasteiger partial charge in [-0.25, -0.2) is 9.37 Å². The van der Waals surface area contributed by atoms with Crippen LogP contribution in [0.3, 0.4) is 0 Å². The van der Waals surface area contributed by atoms with E-state index in [1.54, 1.807) is 0 Å². The molecule has 0 N–H and O–H groups in total. The molecule has 58 valence electrons. The second-order valence-corrected chi connectivity index (χ2v) is 3.35. The molecule has 0 radical (unpaired) electrons. The standard InChI is InChI=1S/C6H2Br2FNO/c7-4-1-10-6(8)5(9)3(4)2-11/h1-2H. The van der Waals surface area contributed by atoms with Gasteiger partial charge in [0.25, 0.3) is 0 Å². The van der Waals surface area contributed by atoms with E-state index in [4.69, 9.17) is 0 Å². The molecule has 0 bridgehead atoms. The Kier molecular flexibility index (Phi) is 2.72. The van der Waals surface area contributed by atoms with Crippen molar-refractivity contribution in [1.82, 2.24) is 4.98 Å². The molecule has 0 aliphatic heterocycles. The highest BCUT2D eigenvalue weighted by atomic mass is 79.9. The summed E-state index contributed by atoms with van der Waals surface area (Å²) in [6, 6.07) is 0. The average molecular weight is 283 g/mol. The molecule has 0 aromatic carbocycles. The fourth-order valence-electron chi connectivity index (χ4n) is 0.564. The lowest BCUT2D eigenvalue weighted by molar-refractivity contribution is 0.111. The number of hydrogen-bond donors (Lipinski definition) is 0. The SMILES string of the molecule is O=Cc1c(Br)cnc(Br)c1F. The Morgan fingerprint density at radius 3 is 2.64 bits per heavy atom. The minimum absolute atomic E-state index is 0.0214. The number of hydrogen-bond acceptors (Lipinski definition) is 2. The lowest BCUT2D eigenvalue weighted by Gasteiger charge is -1.98. The van der Waals surface area contributed by atoms with Gasteiger partial charge in [-0.05, 0) is 31.9 Å². The molecule has 0 aliphatic rings. The lowest BCUT2D eigenvalue weighted by atomic mass is 10.3. The van der Waals surface area contributed by atoms with Crippen LogP contribution in [0, 0.1) is 5.82 Å². The molecule has 11 heavy (non-hydrogen) atoms. The van der Waals surface area contributed by atoms with E-state index in [1.807, 2.05) is 0 Å². The van der Waals surface area contributed by atoms with Gasteiger partial charge in [0.05, 0.1) is 5.56 Å². The van der Waals surface area contributed by atoms with E-state index in [9.17, 15) is 9.18 Å². The number of aldehydes is 1. The molecule has 5 heteroatoms. The molecule has 0 spiro atoms. The van der Waals surface area contributed by atoms with Crippen molar-refractivity contribution < 1.29 is 9.18 Å². The molecule has 1 rings (SSSR count). The Hall–Kier alpha value is -0.290. The van der Waals surface area contributed by atoms with Crippen LogP contribution >= 0.6 is 31.9 Å². The van der Waals surface area contributed by atoms with Crippen molar-refractivity contribution in [3.05, 3.63) is 26.7 Å². The van der Waals surface area contributed by atoms with Crippen molar-refractivity contribution in [1.29, 1.82) is 0 Å². The molecule has 0 saturated carbocycles. The van der Waals surface area contributed by atoms with Crippen molar-refractivity contribution in [3.63, 3.8) is 0 Å². The Morgan fingerprint density at radius 2 is 2.18 bits per heavy atom. The highest BCUT2D eigenvalue weighted by Gasteiger charge is 2.09. The summed E-state index contributed by atoms with van der Waals surface area (Å²) in [5.74, 6) is -0.644. The lowest BCUT2D eigenvalue weighted by Crippen LogP contribution is -1.93. The first-order chi connectivity index (χ1) is 5.16. The summed E-state index contributed by atoms with van der Waals surface area (Å²) in [6.45, 7) is 0. The number of rotatable bonds is 1. The Bertz CT molecular complexity index is 303. The van der Waals surface area contributed by atoms with Gasteiger partial charge in [0, 0.05) is 10.7 Å². The number of nitrogens with zero attached hydrogens (tertiary/aromatic N) is 1. The van der Waals surface area contributed by atoms with Crippen LogP contribution in [0.4, 0.5) is 4.39 Å². The normalized spacial score (nSPS) is 9.73. The van der Waals surface area contributed by atoms with Crippen molar-refractivity contribution in [2.45, 2.75) is 0 Å². The Balaban J connectivity index is 3.40. The first-order valence-corrected chi connectivity index (χ1v) is 4.20. The van der Waals surface area contributed by atoms with Gasteiger partial charge in [0.2, 0.25) is 0 Å². The summed E-state index contributed by atoms with van der Waals surface area (Å²) < 4.78 is 13.3. The largest absolute Gasteiger partial charge is 0.298 e. The Labute approximate surface area is 79.1 Å². The molecule has 0 aliphatic carbocycles. The third-order valence-electron chi connectivity index (χ3n) is 1.08. The van der Waals surface area contributed by atoms with Crippen LogP contribution in [0.15, 0.2) is 15.3 Å².